The number of alkyl halides is 2. The van der Waals surface area contributed by atoms with E-state index in [4.69, 9.17) is 23.2 Å². The maximum absolute atomic E-state index is 5.94. The number of rotatable bonds is 6. The van der Waals surface area contributed by atoms with E-state index < -0.39 is 0 Å². The van der Waals surface area contributed by atoms with Gasteiger partial charge in [-0.25, -0.2) is 9.67 Å². The van der Waals surface area contributed by atoms with Crippen molar-refractivity contribution in [3.8, 4) is 0 Å². The summed E-state index contributed by atoms with van der Waals surface area (Å²) in [5.74, 6) is 2.59. The van der Waals surface area contributed by atoms with Crippen LogP contribution in [0.3, 0.4) is 0 Å². The highest BCUT2D eigenvalue weighted by atomic mass is 35.5. The van der Waals surface area contributed by atoms with E-state index >= 15 is 0 Å². The fourth-order valence-electron chi connectivity index (χ4n) is 1.44. The molecule has 1 aromatic rings. The first-order valence-electron chi connectivity index (χ1n) is 5.49. The van der Waals surface area contributed by atoms with Gasteiger partial charge in [0.1, 0.15) is 12.2 Å². The van der Waals surface area contributed by atoms with Crippen molar-refractivity contribution in [3.63, 3.8) is 0 Å². The Labute approximate surface area is 107 Å². The van der Waals surface area contributed by atoms with Gasteiger partial charge in [0.05, 0.1) is 0 Å². The van der Waals surface area contributed by atoms with Gasteiger partial charge in [-0.3, -0.25) is 0 Å². The first-order chi connectivity index (χ1) is 7.50. The lowest BCUT2D eigenvalue weighted by Gasteiger charge is -2.23. The molecule has 0 atom stereocenters. The van der Waals surface area contributed by atoms with E-state index in [9.17, 15) is 0 Å². The van der Waals surface area contributed by atoms with Gasteiger partial charge in [-0.2, -0.15) is 5.10 Å². The molecule has 0 saturated heterocycles. The van der Waals surface area contributed by atoms with E-state index in [0.29, 0.717) is 17.7 Å². The molecule has 0 aromatic carbocycles. The summed E-state index contributed by atoms with van der Waals surface area (Å²) in [5.41, 5.74) is -0.106. The van der Waals surface area contributed by atoms with Crippen LogP contribution in [0.1, 0.15) is 26.6 Å². The molecule has 16 heavy (non-hydrogen) atoms. The predicted molar refractivity (Wildman–Crippen MR) is 68.1 cm³/mol. The molecule has 1 aromatic heterocycles. The van der Waals surface area contributed by atoms with Gasteiger partial charge < -0.3 is 0 Å². The van der Waals surface area contributed by atoms with E-state index in [2.05, 4.69) is 30.9 Å². The highest BCUT2D eigenvalue weighted by Gasteiger charge is 2.25. The molecule has 0 spiro atoms. The highest BCUT2D eigenvalue weighted by molar-refractivity contribution is 6.21. The number of nitrogens with zero attached hydrogens (tertiary/aromatic N) is 3. The number of hydrogen-bond donors (Lipinski definition) is 0. The molecule has 0 amide bonds. The van der Waals surface area contributed by atoms with Gasteiger partial charge >= 0.3 is 0 Å². The van der Waals surface area contributed by atoms with Crippen LogP contribution >= 0.6 is 23.2 Å². The third-order valence-corrected chi connectivity index (χ3v) is 3.75. The quantitative estimate of drug-likeness (QED) is 0.739. The lowest BCUT2D eigenvalue weighted by Crippen LogP contribution is -2.26. The Morgan fingerprint density at radius 1 is 1.38 bits per heavy atom. The molecule has 0 saturated carbocycles. The molecular weight excluding hydrogens is 245 g/mol. The fourth-order valence-corrected chi connectivity index (χ4v) is 1.91. The Bertz CT molecular complexity index is 319. The van der Waals surface area contributed by atoms with Crippen molar-refractivity contribution in [3.05, 3.63) is 12.2 Å². The third-order valence-electron chi connectivity index (χ3n) is 2.46. The lowest BCUT2D eigenvalue weighted by molar-refractivity contribution is 0.385. The van der Waals surface area contributed by atoms with Crippen molar-refractivity contribution in [2.45, 2.75) is 33.7 Å². The number of halogens is 2. The zero-order valence-corrected chi connectivity index (χ0v) is 11.6. The number of hydrogen-bond acceptors (Lipinski definition) is 2. The van der Waals surface area contributed by atoms with E-state index in [1.807, 2.05) is 4.68 Å². The summed E-state index contributed by atoms with van der Waals surface area (Å²) >= 11 is 11.9. The standard InChI is InChI=1S/C11H19Cl2N3/c1-9(2)5-16-10(14-8-15-16)4-11(3,6-12)7-13/h8-9H,4-7H2,1-3H3. The van der Waals surface area contributed by atoms with Gasteiger partial charge in [0.25, 0.3) is 0 Å². The SMILES string of the molecule is CC(C)Cn1ncnc1CC(C)(CCl)CCl. The summed E-state index contributed by atoms with van der Waals surface area (Å²) < 4.78 is 1.95. The van der Waals surface area contributed by atoms with Crippen molar-refractivity contribution in [1.29, 1.82) is 0 Å². The minimum Gasteiger partial charge on any atom is -0.250 e. The van der Waals surface area contributed by atoms with Crippen LogP contribution in [0.4, 0.5) is 0 Å². The maximum Gasteiger partial charge on any atom is 0.138 e. The molecule has 3 nitrogen and oxygen atoms in total. The van der Waals surface area contributed by atoms with Crippen LogP contribution in [-0.4, -0.2) is 26.5 Å². The second kappa shape index (κ2) is 5.87. The van der Waals surface area contributed by atoms with Crippen LogP contribution in [0, 0.1) is 11.3 Å². The Hall–Kier alpha value is -0.280. The van der Waals surface area contributed by atoms with Crippen molar-refractivity contribution in [1.82, 2.24) is 14.8 Å². The molecule has 5 heteroatoms. The summed E-state index contributed by atoms with van der Waals surface area (Å²) in [6, 6.07) is 0. The van der Waals surface area contributed by atoms with Gasteiger partial charge in [0.2, 0.25) is 0 Å². The lowest BCUT2D eigenvalue weighted by atomic mass is 9.91. The Kier molecular flexibility index (Phi) is 5.06. The van der Waals surface area contributed by atoms with Gasteiger partial charge in [-0.05, 0) is 5.92 Å². The predicted octanol–water partition coefficient (Wildman–Crippen LogP) is 2.96. The first-order valence-corrected chi connectivity index (χ1v) is 6.56. The minimum absolute atomic E-state index is 0.106. The van der Waals surface area contributed by atoms with Crippen LogP contribution in [-0.2, 0) is 13.0 Å². The summed E-state index contributed by atoms with van der Waals surface area (Å²) in [6.45, 7) is 7.28. The fraction of sp³-hybridized carbons (Fsp3) is 0.818. The van der Waals surface area contributed by atoms with Crippen molar-refractivity contribution in [2.75, 3.05) is 11.8 Å². The average Bonchev–Trinajstić information content (AvgIpc) is 2.64. The summed E-state index contributed by atoms with van der Waals surface area (Å²) in [7, 11) is 0. The zero-order chi connectivity index (χ0) is 12.2. The molecule has 0 unspecified atom stereocenters. The average molecular weight is 264 g/mol. The summed E-state index contributed by atoms with van der Waals surface area (Å²) in [5, 5.41) is 4.23. The zero-order valence-electron chi connectivity index (χ0n) is 10.1. The minimum atomic E-state index is -0.106. The van der Waals surface area contributed by atoms with E-state index in [0.717, 1.165) is 18.8 Å². The second-order valence-corrected chi connectivity index (χ2v) is 5.54. The van der Waals surface area contributed by atoms with Crippen LogP contribution in [0.15, 0.2) is 6.33 Å². The molecule has 0 aliphatic rings. The smallest absolute Gasteiger partial charge is 0.138 e. The topological polar surface area (TPSA) is 30.7 Å². The van der Waals surface area contributed by atoms with E-state index in [-0.39, 0.29) is 5.41 Å². The van der Waals surface area contributed by atoms with Crippen LogP contribution in [0.2, 0.25) is 0 Å². The molecule has 0 bridgehead atoms. The summed E-state index contributed by atoms with van der Waals surface area (Å²) in [4.78, 5) is 4.28. The Morgan fingerprint density at radius 2 is 2.00 bits per heavy atom. The van der Waals surface area contributed by atoms with Gasteiger partial charge in [-0.1, -0.05) is 20.8 Å². The molecule has 0 fully saturated rings. The molecule has 0 radical (unpaired) electrons. The van der Waals surface area contributed by atoms with Crippen molar-refractivity contribution < 1.29 is 0 Å². The van der Waals surface area contributed by atoms with Gasteiger partial charge in [0.15, 0.2) is 0 Å². The van der Waals surface area contributed by atoms with Crippen LogP contribution < -0.4 is 0 Å². The van der Waals surface area contributed by atoms with Crippen LogP contribution in [0.5, 0.6) is 0 Å². The maximum atomic E-state index is 5.94. The molecule has 0 N–H and O–H groups in total. The Morgan fingerprint density at radius 3 is 2.50 bits per heavy atom. The van der Waals surface area contributed by atoms with Crippen LogP contribution in [0.25, 0.3) is 0 Å². The normalized spacial score (nSPS) is 12.4. The van der Waals surface area contributed by atoms with E-state index in [1.54, 1.807) is 6.33 Å². The Balaban J connectivity index is 2.76. The monoisotopic (exact) mass is 263 g/mol. The molecule has 1 rings (SSSR count). The second-order valence-electron chi connectivity index (χ2n) is 5.01. The van der Waals surface area contributed by atoms with Gasteiger partial charge in [-0.15, -0.1) is 23.2 Å². The summed E-state index contributed by atoms with van der Waals surface area (Å²) in [6.07, 6.45) is 2.37. The van der Waals surface area contributed by atoms with E-state index in [1.165, 1.54) is 0 Å². The third kappa shape index (κ3) is 3.63. The largest absolute Gasteiger partial charge is 0.250 e. The molecule has 0 aliphatic carbocycles. The highest BCUT2D eigenvalue weighted by Crippen LogP contribution is 2.25. The number of aromatic nitrogens is 3. The molecule has 1 heterocycles. The van der Waals surface area contributed by atoms with Crippen molar-refractivity contribution in [2.24, 2.45) is 11.3 Å². The molecule has 0 aliphatic heterocycles. The first kappa shape index (κ1) is 13.8. The van der Waals surface area contributed by atoms with Crippen molar-refractivity contribution >= 4 is 23.2 Å². The molecule has 92 valence electrons. The molecular formula is C11H19Cl2N3. The van der Waals surface area contributed by atoms with Gasteiger partial charge in [0, 0.05) is 30.1 Å².